The summed E-state index contributed by atoms with van der Waals surface area (Å²) < 4.78 is 0. The number of amides is 1. The fraction of sp³-hybridized carbons (Fsp3) is 0.500. The summed E-state index contributed by atoms with van der Waals surface area (Å²) in [6, 6.07) is 5.46. The van der Waals surface area contributed by atoms with E-state index in [1.165, 1.54) is 0 Å². The summed E-state index contributed by atoms with van der Waals surface area (Å²) in [5.74, 6) is -0.0264. The fourth-order valence-electron chi connectivity index (χ4n) is 2.48. The van der Waals surface area contributed by atoms with Crippen molar-refractivity contribution in [3.05, 3.63) is 28.8 Å². The van der Waals surface area contributed by atoms with Crippen molar-refractivity contribution in [2.75, 3.05) is 5.32 Å². The molecule has 1 aliphatic rings. The van der Waals surface area contributed by atoms with Gasteiger partial charge in [-0.15, -0.1) is 0 Å². The molecule has 2 unspecified atom stereocenters. The Morgan fingerprint density at radius 3 is 2.78 bits per heavy atom. The minimum Gasteiger partial charge on any atom is -0.327 e. The van der Waals surface area contributed by atoms with Gasteiger partial charge in [-0.25, -0.2) is 0 Å². The highest BCUT2D eigenvalue weighted by Crippen LogP contribution is 2.26. The smallest absolute Gasteiger partial charge is 0.229 e. The maximum atomic E-state index is 12.2. The number of carbonyl (C=O) groups excluding carboxylic acids is 1. The summed E-state index contributed by atoms with van der Waals surface area (Å²) >= 11 is 5.89. The Morgan fingerprint density at radius 2 is 2.11 bits per heavy atom. The van der Waals surface area contributed by atoms with Crippen molar-refractivity contribution in [2.45, 2.75) is 38.6 Å². The lowest BCUT2D eigenvalue weighted by molar-refractivity contribution is -0.121. The Morgan fingerprint density at radius 1 is 1.39 bits per heavy atom. The number of nitrogens with one attached hydrogen (secondary N) is 1. The minimum atomic E-state index is -0.0613. The van der Waals surface area contributed by atoms with Crippen LogP contribution in [0, 0.1) is 12.8 Å². The van der Waals surface area contributed by atoms with Crippen molar-refractivity contribution >= 4 is 23.2 Å². The largest absolute Gasteiger partial charge is 0.327 e. The number of hydrogen-bond acceptors (Lipinski definition) is 2. The van der Waals surface area contributed by atoms with Crippen molar-refractivity contribution in [2.24, 2.45) is 11.7 Å². The number of aryl methyl sites for hydroxylation is 1. The molecule has 1 fully saturated rings. The lowest BCUT2D eigenvalue weighted by atomic mass is 9.84. The first-order valence-corrected chi connectivity index (χ1v) is 6.78. The van der Waals surface area contributed by atoms with E-state index in [4.69, 9.17) is 17.3 Å². The zero-order chi connectivity index (χ0) is 13.1. The Labute approximate surface area is 113 Å². The topological polar surface area (TPSA) is 55.1 Å². The van der Waals surface area contributed by atoms with Crippen molar-refractivity contribution in [1.82, 2.24) is 0 Å². The Bertz CT molecular complexity index is 447. The second-order valence-electron chi connectivity index (χ2n) is 5.00. The van der Waals surface area contributed by atoms with Gasteiger partial charge < -0.3 is 11.1 Å². The molecule has 1 aliphatic carbocycles. The summed E-state index contributed by atoms with van der Waals surface area (Å²) in [6.45, 7) is 1.93. The first-order valence-electron chi connectivity index (χ1n) is 6.40. The maximum Gasteiger partial charge on any atom is 0.229 e. The van der Waals surface area contributed by atoms with Crippen molar-refractivity contribution < 1.29 is 4.79 Å². The van der Waals surface area contributed by atoms with Gasteiger partial charge >= 0.3 is 0 Å². The highest BCUT2D eigenvalue weighted by atomic mass is 35.5. The summed E-state index contributed by atoms with van der Waals surface area (Å²) in [5, 5.41) is 3.64. The molecule has 4 heteroatoms. The molecule has 0 aromatic heterocycles. The quantitative estimate of drug-likeness (QED) is 0.864. The van der Waals surface area contributed by atoms with Crippen molar-refractivity contribution in [3.63, 3.8) is 0 Å². The van der Waals surface area contributed by atoms with Gasteiger partial charge in [-0.1, -0.05) is 24.4 Å². The predicted octanol–water partition coefficient (Wildman–Crippen LogP) is 3.10. The van der Waals surface area contributed by atoms with E-state index in [1.54, 1.807) is 6.07 Å². The van der Waals surface area contributed by atoms with Gasteiger partial charge in [0.1, 0.15) is 0 Å². The van der Waals surface area contributed by atoms with Crippen LogP contribution in [0.4, 0.5) is 5.69 Å². The molecule has 0 radical (unpaired) electrons. The van der Waals surface area contributed by atoms with Gasteiger partial charge in [0.2, 0.25) is 5.91 Å². The molecule has 0 heterocycles. The molecule has 0 aliphatic heterocycles. The average molecular weight is 267 g/mol. The Kier molecular flexibility index (Phi) is 4.25. The lowest BCUT2D eigenvalue weighted by Gasteiger charge is -2.27. The van der Waals surface area contributed by atoms with Crippen LogP contribution in [0.2, 0.25) is 5.02 Å². The maximum absolute atomic E-state index is 12.2. The Hall–Kier alpha value is -1.06. The highest BCUT2D eigenvalue weighted by Gasteiger charge is 2.28. The van der Waals surface area contributed by atoms with Crippen LogP contribution in [0.25, 0.3) is 0 Å². The second-order valence-corrected chi connectivity index (χ2v) is 5.44. The highest BCUT2D eigenvalue weighted by molar-refractivity contribution is 6.30. The molecule has 0 bridgehead atoms. The predicted molar refractivity (Wildman–Crippen MR) is 74.8 cm³/mol. The number of carbonyl (C=O) groups is 1. The van der Waals surface area contributed by atoms with Crippen LogP contribution in [-0.4, -0.2) is 11.9 Å². The zero-order valence-corrected chi connectivity index (χ0v) is 11.3. The van der Waals surface area contributed by atoms with Crippen LogP contribution in [-0.2, 0) is 4.79 Å². The van der Waals surface area contributed by atoms with Crippen molar-refractivity contribution in [3.8, 4) is 0 Å². The zero-order valence-electron chi connectivity index (χ0n) is 10.6. The van der Waals surface area contributed by atoms with E-state index >= 15 is 0 Å². The molecule has 3 N–H and O–H groups in total. The van der Waals surface area contributed by atoms with Crippen LogP contribution in [0.1, 0.15) is 31.2 Å². The summed E-state index contributed by atoms with van der Waals surface area (Å²) in [5.41, 5.74) is 7.81. The third-order valence-corrected chi connectivity index (χ3v) is 3.84. The third kappa shape index (κ3) is 3.03. The molecule has 2 atom stereocenters. The Balaban J connectivity index is 2.06. The van der Waals surface area contributed by atoms with Gasteiger partial charge in [-0.3, -0.25) is 4.79 Å². The summed E-state index contributed by atoms with van der Waals surface area (Å²) in [6.07, 6.45) is 4.05. The number of hydrogen-bond donors (Lipinski definition) is 2. The van der Waals surface area contributed by atoms with Gasteiger partial charge in [0.05, 0.1) is 5.92 Å². The van der Waals surface area contributed by atoms with E-state index in [1.807, 2.05) is 19.1 Å². The molecule has 0 saturated heterocycles. The first-order chi connectivity index (χ1) is 8.58. The number of benzene rings is 1. The first kappa shape index (κ1) is 13.4. The molecular weight excluding hydrogens is 248 g/mol. The molecule has 3 nitrogen and oxygen atoms in total. The molecule has 98 valence electrons. The molecule has 18 heavy (non-hydrogen) atoms. The van der Waals surface area contributed by atoms with Crippen molar-refractivity contribution in [1.29, 1.82) is 0 Å². The van der Waals surface area contributed by atoms with Gasteiger partial charge in [0.25, 0.3) is 0 Å². The molecular formula is C14H19ClN2O. The van der Waals surface area contributed by atoms with Gasteiger partial charge in [0, 0.05) is 16.8 Å². The van der Waals surface area contributed by atoms with E-state index < -0.39 is 0 Å². The van der Waals surface area contributed by atoms with E-state index in [-0.39, 0.29) is 17.9 Å². The fourth-order valence-corrected chi connectivity index (χ4v) is 2.70. The van der Waals surface area contributed by atoms with Gasteiger partial charge in [-0.2, -0.15) is 0 Å². The standard InChI is InChI=1S/C14H19ClN2O/c1-9-8-10(15)6-7-13(9)17-14(18)11-4-2-3-5-12(11)16/h6-8,11-12H,2-5,16H2,1H3,(H,17,18). The summed E-state index contributed by atoms with van der Waals surface area (Å²) in [4.78, 5) is 12.2. The van der Waals surface area contributed by atoms with Crippen LogP contribution < -0.4 is 11.1 Å². The van der Waals surface area contributed by atoms with Gasteiger partial charge in [0.15, 0.2) is 0 Å². The van der Waals surface area contributed by atoms with E-state index in [0.29, 0.717) is 5.02 Å². The normalized spacial score (nSPS) is 23.7. The van der Waals surface area contributed by atoms with Crippen LogP contribution in [0.15, 0.2) is 18.2 Å². The SMILES string of the molecule is Cc1cc(Cl)ccc1NC(=O)C1CCCCC1N. The molecule has 0 spiro atoms. The molecule has 1 saturated carbocycles. The molecule has 1 aromatic carbocycles. The lowest BCUT2D eigenvalue weighted by Crippen LogP contribution is -2.40. The van der Waals surface area contributed by atoms with Gasteiger partial charge in [-0.05, 0) is 43.5 Å². The monoisotopic (exact) mass is 266 g/mol. The number of halogens is 1. The molecule has 1 aromatic rings. The average Bonchev–Trinajstić information content (AvgIpc) is 2.33. The van der Waals surface area contributed by atoms with E-state index in [0.717, 1.165) is 36.9 Å². The van der Waals surface area contributed by atoms with E-state index in [2.05, 4.69) is 5.32 Å². The van der Waals surface area contributed by atoms with Crippen LogP contribution >= 0.6 is 11.6 Å². The third-order valence-electron chi connectivity index (χ3n) is 3.60. The number of nitrogens with two attached hydrogens (primary N) is 1. The molecule has 1 amide bonds. The van der Waals surface area contributed by atoms with E-state index in [9.17, 15) is 4.79 Å². The second kappa shape index (κ2) is 5.72. The summed E-state index contributed by atoms with van der Waals surface area (Å²) in [7, 11) is 0. The minimum absolute atomic E-state index is 0.00800. The number of anilines is 1. The number of rotatable bonds is 2. The van der Waals surface area contributed by atoms with Crippen LogP contribution in [0.5, 0.6) is 0 Å². The van der Waals surface area contributed by atoms with Crippen LogP contribution in [0.3, 0.4) is 0 Å². The molecule has 2 rings (SSSR count).